The zero-order valence-electron chi connectivity index (χ0n) is 13.5. The third-order valence-corrected chi connectivity index (χ3v) is 3.85. The van der Waals surface area contributed by atoms with E-state index >= 15 is 0 Å². The molecule has 5 heteroatoms. The van der Waals surface area contributed by atoms with Crippen molar-refractivity contribution in [3.63, 3.8) is 0 Å². The van der Waals surface area contributed by atoms with Crippen molar-refractivity contribution in [2.45, 2.75) is 19.6 Å². The molecule has 1 amide bonds. The van der Waals surface area contributed by atoms with Gasteiger partial charge in [0.1, 0.15) is 12.4 Å². The summed E-state index contributed by atoms with van der Waals surface area (Å²) in [6.07, 6.45) is 0. The van der Waals surface area contributed by atoms with Gasteiger partial charge in [0.25, 0.3) is 0 Å². The summed E-state index contributed by atoms with van der Waals surface area (Å²) < 4.78 is 5.71. The van der Waals surface area contributed by atoms with Gasteiger partial charge >= 0.3 is 0 Å². The van der Waals surface area contributed by atoms with Gasteiger partial charge in [-0.05, 0) is 63.0 Å². The smallest absolute Gasteiger partial charge is 0.241 e. The quantitative estimate of drug-likeness (QED) is 0.874. The SMILES string of the molecule is CC(C(=O)Nc1ccc(OCc2ccc(Cl)cc2)cc1)N(C)C. The second kappa shape index (κ2) is 7.99. The second-order valence-electron chi connectivity index (χ2n) is 5.57. The van der Waals surface area contributed by atoms with E-state index in [0.29, 0.717) is 11.6 Å². The topological polar surface area (TPSA) is 41.6 Å². The standard InChI is InChI=1S/C18H21ClN2O2/c1-13(21(2)3)18(22)20-16-8-10-17(11-9-16)23-12-14-4-6-15(19)7-5-14/h4-11,13H,12H2,1-3H3,(H,20,22). The van der Waals surface area contributed by atoms with Crippen LogP contribution >= 0.6 is 11.6 Å². The first-order valence-corrected chi connectivity index (χ1v) is 7.78. The summed E-state index contributed by atoms with van der Waals surface area (Å²) in [6, 6.07) is 14.7. The number of nitrogens with zero attached hydrogens (tertiary/aromatic N) is 1. The van der Waals surface area contributed by atoms with Gasteiger partial charge in [0.15, 0.2) is 0 Å². The van der Waals surface area contributed by atoms with Crippen LogP contribution in [0.1, 0.15) is 12.5 Å². The monoisotopic (exact) mass is 332 g/mol. The maximum absolute atomic E-state index is 12.0. The molecule has 1 unspecified atom stereocenters. The van der Waals surface area contributed by atoms with Crippen LogP contribution in [0.2, 0.25) is 5.02 Å². The molecule has 0 aliphatic carbocycles. The summed E-state index contributed by atoms with van der Waals surface area (Å²) in [4.78, 5) is 13.8. The fourth-order valence-electron chi connectivity index (χ4n) is 1.86. The number of anilines is 1. The van der Waals surface area contributed by atoms with E-state index in [-0.39, 0.29) is 11.9 Å². The summed E-state index contributed by atoms with van der Waals surface area (Å²) in [6.45, 7) is 2.33. The van der Waals surface area contributed by atoms with Gasteiger partial charge in [-0.15, -0.1) is 0 Å². The predicted octanol–water partition coefficient (Wildman–Crippen LogP) is 3.81. The molecule has 1 atom stereocenters. The molecular formula is C18H21ClN2O2. The van der Waals surface area contributed by atoms with Crippen LogP contribution in [0, 0.1) is 0 Å². The number of hydrogen-bond acceptors (Lipinski definition) is 3. The van der Waals surface area contributed by atoms with Crippen molar-refractivity contribution in [2.75, 3.05) is 19.4 Å². The molecule has 0 aliphatic rings. The number of ether oxygens (including phenoxy) is 1. The Morgan fingerprint density at radius 2 is 1.74 bits per heavy atom. The maximum Gasteiger partial charge on any atom is 0.241 e. The van der Waals surface area contributed by atoms with Crippen LogP contribution < -0.4 is 10.1 Å². The fraction of sp³-hybridized carbons (Fsp3) is 0.278. The summed E-state index contributed by atoms with van der Waals surface area (Å²) in [5, 5.41) is 3.59. The van der Waals surface area contributed by atoms with Crippen LogP contribution in [-0.4, -0.2) is 30.9 Å². The van der Waals surface area contributed by atoms with Crippen LogP contribution in [0.15, 0.2) is 48.5 Å². The lowest BCUT2D eigenvalue weighted by Crippen LogP contribution is -2.37. The van der Waals surface area contributed by atoms with Gasteiger partial charge in [-0.25, -0.2) is 0 Å². The van der Waals surface area contributed by atoms with Crippen LogP contribution in [-0.2, 0) is 11.4 Å². The molecule has 1 N–H and O–H groups in total. The van der Waals surface area contributed by atoms with E-state index in [1.807, 2.05) is 74.4 Å². The number of benzene rings is 2. The van der Waals surface area contributed by atoms with Gasteiger partial charge in [0.05, 0.1) is 6.04 Å². The van der Waals surface area contributed by atoms with Crippen LogP contribution in [0.3, 0.4) is 0 Å². The van der Waals surface area contributed by atoms with Crippen LogP contribution in [0.4, 0.5) is 5.69 Å². The number of halogens is 1. The molecule has 2 rings (SSSR count). The first-order chi connectivity index (χ1) is 11.0. The highest BCUT2D eigenvalue weighted by Gasteiger charge is 2.14. The molecule has 0 aliphatic heterocycles. The van der Waals surface area contributed by atoms with E-state index in [2.05, 4.69) is 5.32 Å². The Hall–Kier alpha value is -2.04. The van der Waals surface area contributed by atoms with E-state index in [1.165, 1.54) is 0 Å². The van der Waals surface area contributed by atoms with E-state index in [4.69, 9.17) is 16.3 Å². The molecule has 0 saturated carbocycles. The van der Waals surface area contributed by atoms with Crippen LogP contribution in [0.5, 0.6) is 5.75 Å². The molecule has 0 saturated heterocycles. The highest BCUT2D eigenvalue weighted by molar-refractivity contribution is 6.30. The Morgan fingerprint density at radius 3 is 2.30 bits per heavy atom. The fourth-order valence-corrected chi connectivity index (χ4v) is 1.99. The largest absolute Gasteiger partial charge is 0.489 e. The van der Waals surface area contributed by atoms with Crippen molar-refractivity contribution in [3.05, 3.63) is 59.1 Å². The normalized spacial score (nSPS) is 12.0. The molecule has 0 aromatic heterocycles. The van der Waals surface area contributed by atoms with Gasteiger partial charge in [-0.3, -0.25) is 9.69 Å². The Kier molecular flexibility index (Phi) is 6.02. The van der Waals surface area contributed by atoms with Crippen molar-refractivity contribution in [1.29, 1.82) is 0 Å². The molecule has 4 nitrogen and oxygen atoms in total. The second-order valence-corrected chi connectivity index (χ2v) is 6.00. The first-order valence-electron chi connectivity index (χ1n) is 7.40. The van der Waals surface area contributed by atoms with E-state index in [1.54, 1.807) is 0 Å². The van der Waals surface area contributed by atoms with E-state index < -0.39 is 0 Å². The molecule has 122 valence electrons. The molecule has 0 spiro atoms. The Bertz CT molecular complexity index is 639. The maximum atomic E-state index is 12.0. The molecule has 2 aromatic rings. The third-order valence-electron chi connectivity index (χ3n) is 3.59. The lowest BCUT2D eigenvalue weighted by atomic mass is 10.2. The average Bonchev–Trinajstić information content (AvgIpc) is 2.54. The van der Waals surface area contributed by atoms with Crippen molar-refractivity contribution in [3.8, 4) is 5.75 Å². The van der Waals surface area contributed by atoms with E-state index in [0.717, 1.165) is 17.0 Å². The molecular weight excluding hydrogens is 312 g/mol. The first kappa shape index (κ1) is 17.3. The van der Waals surface area contributed by atoms with Crippen LogP contribution in [0.25, 0.3) is 0 Å². The van der Waals surface area contributed by atoms with Gasteiger partial charge < -0.3 is 10.1 Å². The zero-order chi connectivity index (χ0) is 16.8. The highest BCUT2D eigenvalue weighted by Crippen LogP contribution is 2.18. The number of nitrogens with one attached hydrogen (secondary N) is 1. The average molecular weight is 333 g/mol. The summed E-state index contributed by atoms with van der Waals surface area (Å²) in [7, 11) is 3.75. The molecule has 0 bridgehead atoms. The lowest BCUT2D eigenvalue weighted by Gasteiger charge is -2.19. The van der Waals surface area contributed by atoms with Crippen molar-refractivity contribution in [2.24, 2.45) is 0 Å². The summed E-state index contributed by atoms with van der Waals surface area (Å²) in [5.74, 6) is 0.712. The minimum atomic E-state index is -0.184. The van der Waals surface area contributed by atoms with Crippen molar-refractivity contribution in [1.82, 2.24) is 4.90 Å². The molecule has 2 aromatic carbocycles. The number of carbonyl (C=O) groups is 1. The summed E-state index contributed by atoms with van der Waals surface area (Å²) >= 11 is 5.85. The number of hydrogen-bond donors (Lipinski definition) is 1. The zero-order valence-corrected chi connectivity index (χ0v) is 14.3. The summed E-state index contributed by atoms with van der Waals surface area (Å²) in [5.41, 5.74) is 1.80. The Balaban J connectivity index is 1.89. The molecule has 23 heavy (non-hydrogen) atoms. The van der Waals surface area contributed by atoms with Gasteiger partial charge in [-0.1, -0.05) is 23.7 Å². The molecule has 0 heterocycles. The highest BCUT2D eigenvalue weighted by atomic mass is 35.5. The number of amides is 1. The number of likely N-dealkylation sites (N-methyl/N-ethyl adjacent to an activating group) is 1. The third kappa shape index (κ3) is 5.27. The molecule has 0 fully saturated rings. The predicted molar refractivity (Wildman–Crippen MR) is 94.0 cm³/mol. The minimum Gasteiger partial charge on any atom is -0.489 e. The minimum absolute atomic E-state index is 0.0372. The van der Waals surface area contributed by atoms with Gasteiger partial charge in [-0.2, -0.15) is 0 Å². The lowest BCUT2D eigenvalue weighted by molar-refractivity contribution is -0.119. The van der Waals surface area contributed by atoms with E-state index in [9.17, 15) is 4.79 Å². The Morgan fingerprint density at radius 1 is 1.13 bits per heavy atom. The van der Waals surface area contributed by atoms with Crippen molar-refractivity contribution < 1.29 is 9.53 Å². The van der Waals surface area contributed by atoms with Crippen molar-refractivity contribution >= 4 is 23.2 Å². The van der Waals surface area contributed by atoms with Gasteiger partial charge in [0.2, 0.25) is 5.91 Å². The molecule has 0 radical (unpaired) electrons. The number of rotatable bonds is 6. The Labute approximate surface area is 142 Å². The number of carbonyl (C=O) groups excluding carboxylic acids is 1. The van der Waals surface area contributed by atoms with Gasteiger partial charge in [0, 0.05) is 10.7 Å².